The summed E-state index contributed by atoms with van der Waals surface area (Å²) in [6, 6.07) is 10.2. The van der Waals surface area contributed by atoms with Gasteiger partial charge in [0.15, 0.2) is 10.9 Å². The Kier molecular flexibility index (Phi) is 5.95. The average molecular weight is 401 g/mol. The van der Waals surface area contributed by atoms with Gasteiger partial charge in [-0.1, -0.05) is 12.1 Å². The molecule has 0 spiro atoms. The normalized spacial score (nSPS) is 10.5. The van der Waals surface area contributed by atoms with Gasteiger partial charge in [-0.3, -0.25) is 20.2 Å². The van der Waals surface area contributed by atoms with Crippen LogP contribution in [0.15, 0.2) is 48.7 Å². The van der Waals surface area contributed by atoms with Crippen LogP contribution < -0.4 is 10.1 Å². The van der Waals surface area contributed by atoms with Gasteiger partial charge < -0.3 is 4.74 Å². The van der Waals surface area contributed by atoms with E-state index in [0.29, 0.717) is 11.6 Å². The summed E-state index contributed by atoms with van der Waals surface area (Å²) in [5.74, 6) is -0.695. The van der Waals surface area contributed by atoms with Crippen LogP contribution in [0.3, 0.4) is 0 Å². The van der Waals surface area contributed by atoms with E-state index in [1.54, 1.807) is 25.3 Å². The molecule has 0 aliphatic rings. The van der Waals surface area contributed by atoms with Crippen molar-refractivity contribution in [2.75, 3.05) is 11.9 Å². The second kappa shape index (κ2) is 8.57. The second-order valence-corrected chi connectivity index (χ2v) is 6.88. The molecule has 9 heteroatoms. The van der Waals surface area contributed by atoms with E-state index in [-0.39, 0.29) is 29.4 Å². The molecule has 3 aromatic rings. The van der Waals surface area contributed by atoms with Crippen molar-refractivity contribution in [3.8, 4) is 5.75 Å². The number of carbonyl (C=O) groups is 1. The molecule has 144 valence electrons. The first-order valence-corrected chi connectivity index (χ1v) is 9.19. The summed E-state index contributed by atoms with van der Waals surface area (Å²) in [5.41, 5.74) is 0.779. The first-order valence-electron chi connectivity index (χ1n) is 8.38. The zero-order chi connectivity index (χ0) is 20.1. The number of aromatic nitrogens is 1. The van der Waals surface area contributed by atoms with E-state index in [4.69, 9.17) is 4.74 Å². The fraction of sp³-hybridized carbons (Fsp3) is 0.158. The fourth-order valence-electron chi connectivity index (χ4n) is 2.50. The van der Waals surface area contributed by atoms with Crippen molar-refractivity contribution in [3.05, 3.63) is 80.6 Å². The number of ether oxygens (including phenoxy) is 1. The van der Waals surface area contributed by atoms with Gasteiger partial charge in [-0.2, -0.15) is 0 Å². The topological polar surface area (TPSA) is 94.4 Å². The quantitative estimate of drug-likeness (QED) is 0.467. The van der Waals surface area contributed by atoms with Crippen molar-refractivity contribution in [3.63, 3.8) is 0 Å². The second-order valence-electron chi connectivity index (χ2n) is 5.76. The Labute approximate surface area is 164 Å². The summed E-state index contributed by atoms with van der Waals surface area (Å²) < 4.78 is 18.2. The molecule has 0 fully saturated rings. The first-order chi connectivity index (χ1) is 13.5. The summed E-state index contributed by atoms with van der Waals surface area (Å²) in [6.45, 7) is 2.00. The van der Waals surface area contributed by atoms with Crippen molar-refractivity contribution >= 4 is 28.1 Å². The lowest BCUT2D eigenvalue weighted by molar-refractivity contribution is -0.385. The SMILES string of the molecule is CCOc1ccc(C(=O)Nc2ncc(Cc3ccc(F)cc3)s2)cc1[N+](=O)[O-]. The van der Waals surface area contributed by atoms with E-state index < -0.39 is 10.8 Å². The number of nitro groups is 1. The van der Waals surface area contributed by atoms with Crippen LogP contribution in [0.1, 0.15) is 27.7 Å². The summed E-state index contributed by atoms with van der Waals surface area (Å²) in [4.78, 5) is 28.1. The van der Waals surface area contributed by atoms with Crippen LogP contribution >= 0.6 is 11.3 Å². The Hall–Kier alpha value is -3.33. The van der Waals surface area contributed by atoms with Crippen LogP contribution in [0.5, 0.6) is 5.75 Å². The van der Waals surface area contributed by atoms with E-state index in [1.807, 2.05) is 0 Å². The van der Waals surface area contributed by atoms with Crippen LogP contribution in [0.2, 0.25) is 0 Å². The number of halogens is 1. The third-order valence-corrected chi connectivity index (χ3v) is 4.70. The molecular formula is C19H16FN3O4S. The maximum atomic E-state index is 13.0. The molecule has 28 heavy (non-hydrogen) atoms. The van der Waals surface area contributed by atoms with Gasteiger partial charge in [0.2, 0.25) is 0 Å². The Morgan fingerprint density at radius 3 is 2.71 bits per heavy atom. The van der Waals surface area contributed by atoms with Gasteiger partial charge >= 0.3 is 5.69 Å². The van der Waals surface area contributed by atoms with Gasteiger partial charge in [0.25, 0.3) is 5.91 Å². The molecule has 7 nitrogen and oxygen atoms in total. The number of nitrogens with zero attached hydrogens (tertiary/aromatic N) is 2. The summed E-state index contributed by atoms with van der Waals surface area (Å²) in [6.07, 6.45) is 2.19. The van der Waals surface area contributed by atoms with Crippen LogP contribution in [0.25, 0.3) is 0 Å². The molecule has 0 saturated carbocycles. The van der Waals surface area contributed by atoms with E-state index >= 15 is 0 Å². The number of carbonyl (C=O) groups excluding carboxylic acids is 1. The number of nitro benzene ring substituents is 1. The number of amides is 1. The number of benzene rings is 2. The highest BCUT2D eigenvalue weighted by atomic mass is 32.1. The molecule has 1 aromatic heterocycles. The van der Waals surface area contributed by atoms with Gasteiger partial charge in [0.05, 0.1) is 11.5 Å². The zero-order valence-corrected chi connectivity index (χ0v) is 15.7. The van der Waals surface area contributed by atoms with Crippen molar-refractivity contribution < 1.29 is 18.8 Å². The number of nitrogens with one attached hydrogen (secondary N) is 1. The highest BCUT2D eigenvalue weighted by Gasteiger charge is 2.19. The first kappa shape index (κ1) is 19.4. The van der Waals surface area contributed by atoms with Gasteiger partial charge in [-0.15, -0.1) is 11.3 Å². The number of hydrogen-bond acceptors (Lipinski definition) is 6. The summed E-state index contributed by atoms with van der Waals surface area (Å²) in [5, 5.41) is 14.2. The monoisotopic (exact) mass is 401 g/mol. The Morgan fingerprint density at radius 2 is 2.04 bits per heavy atom. The van der Waals surface area contributed by atoms with Crippen LogP contribution in [0.4, 0.5) is 15.2 Å². The predicted molar refractivity (Wildman–Crippen MR) is 104 cm³/mol. The van der Waals surface area contributed by atoms with E-state index in [2.05, 4.69) is 10.3 Å². The van der Waals surface area contributed by atoms with Crippen molar-refractivity contribution in [1.29, 1.82) is 0 Å². The minimum Gasteiger partial charge on any atom is -0.487 e. The van der Waals surface area contributed by atoms with Crippen molar-refractivity contribution in [2.24, 2.45) is 0 Å². The molecular weight excluding hydrogens is 385 g/mol. The highest BCUT2D eigenvalue weighted by Crippen LogP contribution is 2.29. The number of hydrogen-bond donors (Lipinski definition) is 1. The van der Waals surface area contributed by atoms with Gasteiger partial charge in [-0.25, -0.2) is 9.37 Å². The minimum atomic E-state index is -0.591. The van der Waals surface area contributed by atoms with E-state index in [9.17, 15) is 19.3 Å². The van der Waals surface area contributed by atoms with Crippen molar-refractivity contribution in [1.82, 2.24) is 4.98 Å². The number of rotatable bonds is 7. The molecule has 1 N–H and O–H groups in total. The molecule has 3 rings (SSSR count). The molecule has 0 aliphatic carbocycles. The van der Waals surface area contributed by atoms with Crippen molar-refractivity contribution in [2.45, 2.75) is 13.3 Å². The van der Waals surface area contributed by atoms with Crippen LogP contribution in [0, 0.1) is 15.9 Å². The maximum absolute atomic E-state index is 13.0. The van der Waals surface area contributed by atoms with E-state index in [0.717, 1.165) is 10.4 Å². The van der Waals surface area contributed by atoms with Gasteiger partial charge in [-0.05, 0) is 36.8 Å². The van der Waals surface area contributed by atoms with Gasteiger partial charge in [0, 0.05) is 29.1 Å². The molecule has 0 atom stereocenters. The average Bonchev–Trinajstić information content (AvgIpc) is 3.10. The number of thiazole rings is 1. The molecule has 1 heterocycles. The zero-order valence-electron chi connectivity index (χ0n) is 14.8. The molecule has 0 aliphatic heterocycles. The predicted octanol–water partition coefficient (Wildman–Crippen LogP) is 4.43. The largest absolute Gasteiger partial charge is 0.487 e. The Bertz CT molecular complexity index is 1000. The maximum Gasteiger partial charge on any atom is 0.311 e. The lowest BCUT2D eigenvalue weighted by Crippen LogP contribution is -2.12. The fourth-order valence-corrected chi connectivity index (χ4v) is 3.34. The third-order valence-electron chi connectivity index (χ3n) is 3.78. The van der Waals surface area contributed by atoms with Crippen LogP contribution in [-0.4, -0.2) is 22.4 Å². The Balaban J connectivity index is 1.71. The van der Waals surface area contributed by atoms with E-state index in [1.165, 1.54) is 41.7 Å². The number of anilines is 1. The lowest BCUT2D eigenvalue weighted by atomic mass is 10.1. The molecule has 0 radical (unpaired) electrons. The smallest absolute Gasteiger partial charge is 0.311 e. The highest BCUT2D eigenvalue weighted by molar-refractivity contribution is 7.15. The minimum absolute atomic E-state index is 0.111. The molecule has 0 bridgehead atoms. The summed E-state index contributed by atoms with van der Waals surface area (Å²) >= 11 is 1.28. The van der Waals surface area contributed by atoms with Crippen LogP contribution in [-0.2, 0) is 6.42 Å². The molecule has 1 amide bonds. The standard InChI is InChI=1S/C19H16FN3O4S/c1-2-27-17-8-5-13(10-16(17)23(25)26)18(24)22-19-21-11-15(28-19)9-12-3-6-14(20)7-4-12/h3-8,10-11H,2,9H2,1H3,(H,21,22,24). The Morgan fingerprint density at radius 1 is 1.29 bits per heavy atom. The summed E-state index contributed by atoms with van der Waals surface area (Å²) in [7, 11) is 0. The molecule has 0 unspecified atom stereocenters. The molecule has 2 aromatic carbocycles. The molecule has 0 saturated heterocycles. The lowest BCUT2D eigenvalue weighted by Gasteiger charge is -2.06. The third kappa shape index (κ3) is 4.68. The van der Waals surface area contributed by atoms with Gasteiger partial charge in [0.1, 0.15) is 5.82 Å².